The molecule has 6 nitrogen and oxygen atoms in total. The van der Waals surface area contributed by atoms with Crippen LogP contribution in [0.4, 0.5) is 5.69 Å². The SMILES string of the molecule is Cc1cc(NC(=O)C(=O)NCCN)c2ccccc2n1. The number of hydrogen-bond donors (Lipinski definition) is 3. The van der Waals surface area contributed by atoms with E-state index in [1.54, 1.807) is 6.07 Å². The molecule has 0 saturated carbocycles. The summed E-state index contributed by atoms with van der Waals surface area (Å²) >= 11 is 0. The summed E-state index contributed by atoms with van der Waals surface area (Å²) in [4.78, 5) is 27.7. The fourth-order valence-corrected chi connectivity index (χ4v) is 1.86. The molecule has 0 aliphatic heterocycles. The molecule has 0 atom stereocenters. The van der Waals surface area contributed by atoms with Crippen molar-refractivity contribution in [3.05, 3.63) is 36.0 Å². The normalized spacial score (nSPS) is 10.3. The van der Waals surface area contributed by atoms with Crippen LogP contribution in [0, 0.1) is 6.92 Å². The minimum Gasteiger partial charge on any atom is -0.347 e. The van der Waals surface area contributed by atoms with Gasteiger partial charge in [0, 0.05) is 24.2 Å². The summed E-state index contributed by atoms with van der Waals surface area (Å²) < 4.78 is 0. The number of amides is 2. The Morgan fingerprint density at radius 3 is 2.75 bits per heavy atom. The quantitative estimate of drug-likeness (QED) is 0.711. The number of para-hydroxylation sites is 1. The number of nitrogens with one attached hydrogen (secondary N) is 2. The number of rotatable bonds is 3. The van der Waals surface area contributed by atoms with Gasteiger partial charge in [-0.1, -0.05) is 18.2 Å². The van der Waals surface area contributed by atoms with E-state index in [4.69, 9.17) is 5.73 Å². The zero-order valence-corrected chi connectivity index (χ0v) is 11.1. The maximum Gasteiger partial charge on any atom is 0.313 e. The van der Waals surface area contributed by atoms with Gasteiger partial charge in [0.25, 0.3) is 0 Å². The third-order valence-electron chi connectivity index (χ3n) is 2.73. The van der Waals surface area contributed by atoms with E-state index >= 15 is 0 Å². The molecule has 0 bridgehead atoms. The van der Waals surface area contributed by atoms with E-state index in [1.807, 2.05) is 31.2 Å². The highest BCUT2D eigenvalue weighted by atomic mass is 16.2. The fourth-order valence-electron chi connectivity index (χ4n) is 1.86. The molecule has 0 aliphatic carbocycles. The summed E-state index contributed by atoms with van der Waals surface area (Å²) in [5, 5.41) is 5.82. The van der Waals surface area contributed by atoms with Crippen molar-refractivity contribution in [3.63, 3.8) is 0 Å². The average molecular weight is 272 g/mol. The highest BCUT2D eigenvalue weighted by molar-refractivity contribution is 6.40. The van der Waals surface area contributed by atoms with Gasteiger partial charge in [0.1, 0.15) is 0 Å². The maximum atomic E-state index is 11.8. The van der Waals surface area contributed by atoms with Crippen LogP contribution in [-0.2, 0) is 9.59 Å². The summed E-state index contributed by atoms with van der Waals surface area (Å²) in [5.74, 6) is -1.41. The second-order valence-electron chi connectivity index (χ2n) is 4.33. The van der Waals surface area contributed by atoms with Crippen molar-refractivity contribution >= 4 is 28.4 Å². The first-order valence-electron chi connectivity index (χ1n) is 6.27. The lowest BCUT2D eigenvalue weighted by Crippen LogP contribution is -2.38. The standard InChI is InChI=1S/C14H16N4O2/c1-9-8-12(10-4-2-3-5-11(10)17-9)18-14(20)13(19)16-7-6-15/h2-5,8H,6-7,15H2,1H3,(H,16,19)(H,17,18,20). The van der Waals surface area contributed by atoms with E-state index in [0.717, 1.165) is 16.6 Å². The Balaban J connectivity index is 2.25. The van der Waals surface area contributed by atoms with Gasteiger partial charge in [0.15, 0.2) is 0 Å². The number of aromatic nitrogens is 1. The van der Waals surface area contributed by atoms with Crippen molar-refractivity contribution in [1.29, 1.82) is 0 Å². The molecule has 2 rings (SSSR count). The van der Waals surface area contributed by atoms with Crippen LogP contribution in [0.2, 0.25) is 0 Å². The van der Waals surface area contributed by atoms with E-state index in [9.17, 15) is 9.59 Å². The van der Waals surface area contributed by atoms with E-state index < -0.39 is 11.8 Å². The van der Waals surface area contributed by atoms with Crippen molar-refractivity contribution in [2.24, 2.45) is 5.73 Å². The molecule has 1 heterocycles. The van der Waals surface area contributed by atoms with E-state index in [2.05, 4.69) is 15.6 Å². The lowest BCUT2D eigenvalue weighted by molar-refractivity contribution is -0.136. The van der Waals surface area contributed by atoms with Gasteiger partial charge in [-0.25, -0.2) is 0 Å². The molecule has 0 aliphatic rings. The molecular weight excluding hydrogens is 256 g/mol. The van der Waals surface area contributed by atoms with Crippen LogP contribution in [0.5, 0.6) is 0 Å². The van der Waals surface area contributed by atoms with Crippen LogP contribution in [0.1, 0.15) is 5.69 Å². The monoisotopic (exact) mass is 272 g/mol. The number of carbonyl (C=O) groups is 2. The highest BCUT2D eigenvalue weighted by Crippen LogP contribution is 2.22. The number of fused-ring (bicyclic) bond motifs is 1. The molecule has 0 unspecified atom stereocenters. The minimum absolute atomic E-state index is 0.266. The largest absolute Gasteiger partial charge is 0.347 e. The fraction of sp³-hybridized carbons (Fsp3) is 0.214. The molecule has 20 heavy (non-hydrogen) atoms. The van der Waals surface area contributed by atoms with Crippen molar-refractivity contribution in [2.45, 2.75) is 6.92 Å². The number of aryl methyl sites for hydroxylation is 1. The summed E-state index contributed by atoms with van der Waals surface area (Å²) in [5.41, 5.74) is 7.37. The van der Waals surface area contributed by atoms with Crippen molar-refractivity contribution in [2.75, 3.05) is 18.4 Å². The molecule has 0 radical (unpaired) electrons. The van der Waals surface area contributed by atoms with E-state index in [0.29, 0.717) is 5.69 Å². The first-order chi connectivity index (χ1) is 9.61. The molecule has 2 amide bonds. The average Bonchev–Trinajstić information content (AvgIpc) is 2.44. The molecule has 1 aromatic heterocycles. The van der Waals surface area contributed by atoms with Crippen LogP contribution in [0.3, 0.4) is 0 Å². The Hall–Kier alpha value is -2.47. The van der Waals surface area contributed by atoms with Crippen molar-refractivity contribution in [3.8, 4) is 0 Å². The zero-order chi connectivity index (χ0) is 14.5. The number of nitrogens with two attached hydrogens (primary N) is 1. The van der Waals surface area contributed by atoms with Crippen molar-refractivity contribution < 1.29 is 9.59 Å². The van der Waals surface area contributed by atoms with Crippen LogP contribution in [0.25, 0.3) is 10.9 Å². The Kier molecular flexibility index (Phi) is 4.27. The minimum atomic E-state index is -0.714. The number of benzene rings is 1. The first-order valence-corrected chi connectivity index (χ1v) is 6.27. The van der Waals surface area contributed by atoms with Crippen molar-refractivity contribution in [1.82, 2.24) is 10.3 Å². The zero-order valence-electron chi connectivity index (χ0n) is 11.1. The molecule has 0 saturated heterocycles. The Morgan fingerprint density at radius 1 is 1.25 bits per heavy atom. The number of anilines is 1. The summed E-state index contributed by atoms with van der Waals surface area (Å²) in [7, 11) is 0. The van der Waals surface area contributed by atoms with Gasteiger partial charge in [-0.2, -0.15) is 0 Å². The Bertz CT molecular complexity index is 655. The predicted octanol–water partition coefficient (Wildman–Crippen LogP) is 0.557. The highest BCUT2D eigenvalue weighted by Gasteiger charge is 2.14. The molecule has 6 heteroatoms. The lowest BCUT2D eigenvalue weighted by atomic mass is 10.1. The molecule has 0 spiro atoms. The molecule has 1 aromatic carbocycles. The maximum absolute atomic E-state index is 11.8. The smallest absolute Gasteiger partial charge is 0.313 e. The van der Waals surface area contributed by atoms with Gasteiger partial charge in [0.2, 0.25) is 0 Å². The summed E-state index contributed by atoms with van der Waals surface area (Å²) in [6, 6.07) is 9.15. The second kappa shape index (κ2) is 6.12. The van der Waals surface area contributed by atoms with Gasteiger partial charge >= 0.3 is 11.8 Å². The van der Waals surface area contributed by atoms with Crippen LogP contribution in [0.15, 0.2) is 30.3 Å². The van der Waals surface area contributed by atoms with E-state index in [1.165, 1.54) is 0 Å². The van der Waals surface area contributed by atoms with Gasteiger partial charge in [-0.15, -0.1) is 0 Å². The third kappa shape index (κ3) is 3.10. The molecule has 4 N–H and O–H groups in total. The molecular formula is C14H16N4O2. The first kappa shape index (κ1) is 14.0. The summed E-state index contributed by atoms with van der Waals surface area (Å²) in [6.45, 7) is 2.38. The number of carbonyl (C=O) groups excluding carboxylic acids is 2. The topological polar surface area (TPSA) is 97.1 Å². The molecule has 2 aromatic rings. The Morgan fingerprint density at radius 2 is 2.00 bits per heavy atom. The number of hydrogen-bond acceptors (Lipinski definition) is 4. The second-order valence-corrected chi connectivity index (χ2v) is 4.33. The number of nitrogens with zero attached hydrogens (tertiary/aromatic N) is 1. The summed E-state index contributed by atoms with van der Waals surface area (Å²) in [6.07, 6.45) is 0. The lowest BCUT2D eigenvalue weighted by Gasteiger charge is -2.09. The Labute approximate surface area is 116 Å². The van der Waals surface area contributed by atoms with Gasteiger partial charge in [0.05, 0.1) is 11.2 Å². The van der Waals surface area contributed by atoms with E-state index in [-0.39, 0.29) is 13.1 Å². The molecule has 0 fully saturated rings. The molecule has 104 valence electrons. The van der Waals surface area contributed by atoms with Gasteiger partial charge in [-0.3, -0.25) is 14.6 Å². The predicted molar refractivity (Wildman–Crippen MR) is 77.2 cm³/mol. The van der Waals surface area contributed by atoms with Gasteiger partial charge < -0.3 is 16.4 Å². The number of pyridine rings is 1. The third-order valence-corrected chi connectivity index (χ3v) is 2.73. The van der Waals surface area contributed by atoms with Crippen LogP contribution >= 0.6 is 0 Å². The van der Waals surface area contributed by atoms with Gasteiger partial charge in [-0.05, 0) is 19.1 Å². The van der Waals surface area contributed by atoms with Crippen LogP contribution in [-0.4, -0.2) is 29.9 Å². The van der Waals surface area contributed by atoms with Crippen LogP contribution < -0.4 is 16.4 Å².